The molecular weight excluding hydrogens is 517 g/mol. The minimum absolute atomic E-state index is 0.149. The van der Waals surface area contributed by atoms with Crippen molar-refractivity contribution in [1.82, 2.24) is 9.99 Å². The van der Waals surface area contributed by atoms with E-state index in [2.05, 4.69) is 28.0 Å². The first-order chi connectivity index (χ1) is 18.3. The molecule has 4 rings (SSSR count). The maximum Gasteiger partial charge on any atom is 0.433 e. The van der Waals surface area contributed by atoms with E-state index >= 15 is 0 Å². The van der Waals surface area contributed by atoms with Gasteiger partial charge < -0.3 is 16.3 Å². The van der Waals surface area contributed by atoms with Crippen molar-refractivity contribution in [3.63, 3.8) is 0 Å². The van der Waals surface area contributed by atoms with Crippen LogP contribution in [0.2, 0.25) is 0 Å². The van der Waals surface area contributed by atoms with Crippen LogP contribution in [0, 0.1) is 5.92 Å². The van der Waals surface area contributed by atoms with Crippen LogP contribution in [-0.4, -0.2) is 48.6 Å². The molecule has 1 aromatic heterocycles. The van der Waals surface area contributed by atoms with Crippen molar-refractivity contribution >= 4 is 24.3 Å². The first-order valence-electron chi connectivity index (χ1n) is 13.2. The molecule has 2 atom stereocenters. The second-order valence-electron chi connectivity index (χ2n) is 9.01. The molecule has 4 N–H and O–H groups in total. The molecule has 2 heterocycles. The molecule has 0 aromatic carbocycles. The van der Waals surface area contributed by atoms with Crippen LogP contribution < -0.4 is 11.5 Å². The summed E-state index contributed by atoms with van der Waals surface area (Å²) in [5.41, 5.74) is 11.6. The fraction of sp³-hybridized carbons (Fsp3) is 0.607. The fourth-order valence-electron chi connectivity index (χ4n) is 4.06. The van der Waals surface area contributed by atoms with Gasteiger partial charge in [0.05, 0.1) is 11.6 Å². The number of fused-ring (bicyclic) bond motifs is 1. The third-order valence-corrected chi connectivity index (χ3v) is 5.88. The molecule has 0 saturated heterocycles. The number of aryl methyl sites for hydroxylation is 1. The Kier molecular flexibility index (Phi) is 16.4. The first kappa shape index (κ1) is 36.2. The summed E-state index contributed by atoms with van der Waals surface area (Å²) in [4.78, 5) is 14.0. The van der Waals surface area contributed by atoms with Gasteiger partial charge in [0.1, 0.15) is 18.0 Å². The highest BCUT2D eigenvalue weighted by Crippen LogP contribution is 2.34. The Bertz CT molecular complexity index is 947. The second-order valence-corrected chi connectivity index (χ2v) is 9.01. The van der Waals surface area contributed by atoms with Gasteiger partial charge in [-0.15, -0.1) is 0 Å². The fourth-order valence-corrected chi connectivity index (χ4v) is 4.06. The number of hydrazone groups is 1. The van der Waals surface area contributed by atoms with Crippen molar-refractivity contribution in [1.29, 1.82) is 0 Å². The van der Waals surface area contributed by atoms with Crippen LogP contribution in [0.5, 0.6) is 0 Å². The van der Waals surface area contributed by atoms with Crippen LogP contribution in [0.15, 0.2) is 28.9 Å². The van der Waals surface area contributed by atoms with Crippen LogP contribution in [-0.2, 0) is 17.4 Å². The number of allylic oxidation sites excluding steroid dienone is 3. The lowest BCUT2D eigenvalue weighted by molar-refractivity contribution is -0.141. The zero-order chi connectivity index (χ0) is 30.2. The molecule has 11 heteroatoms. The summed E-state index contributed by atoms with van der Waals surface area (Å²) in [5, 5.41) is 4.76. The average Bonchev–Trinajstić information content (AvgIpc) is 3.07. The predicted molar refractivity (Wildman–Crippen MR) is 150 cm³/mol. The Balaban J connectivity index is 0.000000553. The van der Waals surface area contributed by atoms with Crippen molar-refractivity contribution in [3.05, 3.63) is 40.7 Å². The summed E-state index contributed by atoms with van der Waals surface area (Å²) in [5.74, 6) is -3.70. The van der Waals surface area contributed by atoms with Crippen molar-refractivity contribution in [3.8, 4) is 0 Å². The van der Waals surface area contributed by atoms with Gasteiger partial charge in [0.2, 0.25) is 0 Å². The Morgan fingerprint density at radius 3 is 2.05 bits per heavy atom. The highest BCUT2D eigenvalue weighted by molar-refractivity contribution is 5.83. The SMILES string of the molecule is C1=CCCCCC1.CC.CC1=Cc2c(N)cc(C(F)(F)F)nc2CC1.CN.CN1N=CC(C=O)C1C(C)(F)F. The van der Waals surface area contributed by atoms with E-state index in [1.165, 1.54) is 52.4 Å². The zero-order valence-corrected chi connectivity index (χ0v) is 23.9. The largest absolute Gasteiger partial charge is 0.433 e. The van der Waals surface area contributed by atoms with Gasteiger partial charge in [0.15, 0.2) is 0 Å². The summed E-state index contributed by atoms with van der Waals surface area (Å²) < 4.78 is 63.1. The van der Waals surface area contributed by atoms with Crippen LogP contribution in [0.4, 0.5) is 27.6 Å². The number of nitrogens with two attached hydrogens (primary N) is 2. The standard InChI is InChI=1S/C11H11F3N2.C7H10F2N2O.C7H12.C2H6.CH5N/c1-6-2-3-9-7(4-6)8(15)5-10(16-9)11(12,13)14;1-7(8,9)6-5(4-12)3-10-11(6)2;1-2-4-6-7-5-3-1;2*1-2/h4-5H,2-3H2,1H3,(H2,15,16);3-6H,1-2H3;1-2H,3-7H2;1-2H3;2H2,1H3. The van der Waals surface area contributed by atoms with Crippen molar-refractivity contribution in [2.24, 2.45) is 16.8 Å². The molecule has 0 saturated carbocycles. The van der Waals surface area contributed by atoms with E-state index < -0.39 is 29.8 Å². The molecule has 2 aliphatic carbocycles. The van der Waals surface area contributed by atoms with Crippen molar-refractivity contribution < 1.29 is 26.7 Å². The number of pyridine rings is 1. The summed E-state index contributed by atoms with van der Waals surface area (Å²) >= 11 is 0. The van der Waals surface area contributed by atoms with E-state index in [0.29, 0.717) is 24.0 Å². The number of anilines is 1. The Labute approximate surface area is 229 Å². The first-order valence-corrected chi connectivity index (χ1v) is 13.2. The van der Waals surface area contributed by atoms with Crippen LogP contribution in [0.25, 0.3) is 6.08 Å². The number of nitrogens with zero attached hydrogens (tertiary/aromatic N) is 3. The van der Waals surface area contributed by atoms with E-state index in [9.17, 15) is 26.7 Å². The van der Waals surface area contributed by atoms with Gasteiger partial charge in [-0.25, -0.2) is 13.8 Å². The van der Waals surface area contributed by atoms with E-state index in [-0.39, 0.29) is 5.69 Å². The minimum atomic E-state index is -4.43. The molecule has 0 amide bonds. The molecule has 0 fully saturated rings. The number of nitrogen functional groups attached to an aromatic ring is 1. The van der Waals surface area contributed by atoms with Crippen LogP contribution >= 0.6 is 0 Å². The molecule has 1 aromatic rings. The lowest BCUT2D eigenvalue weighted by Crippen LogP contribution is -2.44. The molecule has 6 nitrogen and oxygen atoms in total. The maximum atomic E-state index is 12.8. The topological polar surface area (TPSA) is 97.6 Å². The third-order valence-electron chi connectivity index (χ3n) is 5.88. The normalized spacial score (nSPS) is 19.7. The van der Waals surface area contributed by atoms with Gasteiger partial charge in [-0.1, -0.05) is 44.1 Å². The Morgan fingerprint density at radius 2 is 1.59 bits per heavy atom. The van der Waals surface area contributed by atoms with E-state index in [0.717, 1.165) is 30.0 Å². The Morgan fingerprint density at radius 1 is 1.03 bits per heavy atom. The molecule has 3 aliphatic rings. The molecule has 2 unspecified atom stereocenters. The van der Waals surface area contributed by atoms with Gasteiger partial charge in [-0.3, -0.25) is 5.01 Å². The van der Waals surface area contributed by atoms with Crippen LogP contribution in [0.3, 0.4) is 0 Å². The monoisotopic (exact) mass is 561 g/mol. The molecular formula is C28H44F5N5O. The van der Waals surface area contributed by atoms with Crippen LogP contribution in [0.1, 0.15) is 83.2 Å². The quantitative estimate of drug-likeness (QED) is 0.233. The van der Waals surface area contributed by atoms with E-state index in [4.69, 9.17) is 5.73 Å². The van der Waals surface area contributed by atoms with Gasteiger partial charge in [0.25, 0.3) is 5.92 Å². The molecule has 1 aliphatic heterocycles. The third kappa shape index (κ3) is 12.3. The minimum Gasteiger partial charge on any atom is -0.398 e. The number of alkyl halides is 5. The second kappa shape index (κ2) is 17.7. The van der Waals surface area contributed by atoms with Gasteiger partial charge in [-0.2, -0.15) is 18.3 Å². The van der Waals surface area contributed by atoms with Gasteiger partial charge in [-0.05, 0) is 58.6 Å². The number of aldehydes is 1. The Hall–Kier alpha value is -2.82. The summed E-state index contributed by atoms with van der Waals surface area (Å²) in [6.45, 7) is 6.72. The highest BCUT2D eigenvalue weighted by atomic mass is 19.4. The summed E-state index contributed by atoms with van der Waals surface area (Å²) in [7, 11) is 2.93. The van der Waals surface area contributed by atoms with E-state index in [1.54, 1.807) is 6.08 Å². The number of carbonyl (C=O) groups excluding carboxylic acids is 1. The lowest BCUT2D eigenvalue weighted by atomic mass is 9.95. The molecule has 39 heavy (non-hydrogen) atoms. The number of halogens is 5. The average molecular weight is 562 g/mol. The molecule has 0 radical (unpaired) electrons. The number of rotatable bonds is 2. The van der Waals surface area contributed by atoms with Gasteiger partial charge >= 0.3 is 6.18 Å². The van der Waals surface area contributed by atoms with Crippen molar-refractivity contribution in [2.75, 3.05) is 19.8 Å². The maximum absolute atomic E-state index is 12.8. The van der Waals surface area contributed by atoms with Gasteiger partial charge in [0, 0.05) is 31.4 Å². The number of aromatic nitrogens is 1. The number of hydrogen-bond donors (Lipinski definition) is 2. The molecule has 0 spiro atoms. The zero-order valence-electron chi connectivity index (χ0n) is 23.9. The molecule has 222 valence electrons. The predicted octanol–water partition coefficient (Wildman–Crippen LogP) is 6.90. The lowest BCUT2D eigenvalue weighted by Gasteiger charge is -2.27. The summed E-state index contributed by atoms with van der Waals surface area (Å²) in [6, 6.07) is -0.233. The molecule has 0 bridgehead atoms. The highest BCUT2D eigenvalue weighted by Gasteiger charge is 2.45. The smallest absolute Gasteiger partial charge is 0.398 e. The number of carbonyl (C=O) groups is 1. The summed E-state index contributed by atoms with van der Waals surface area (Å²) in [6.07, 6.45) is 11.9. The van der Waals surface area contributed by atoms with Crippen molar-refractivity contribution in [2.45, 2.75) is 90.8 Å². The number of hydrogen-bond acceptors (Lipinski definition) is 6. The van der Waals surface area contributed by atoms with E-state index in [1.807, 2.05) is 20.8 Å².